The summed E-state index contributed by atoms with van der Waals surface area (Å²) < 4.78 is 13.5. The van der Waals surface area contributed by atoms with E-state index in [-0.39, 0.29) is 29.7 Å². The molecule has 2 unspecified atom stereocenters. The first-order valence-corrected chi connectivity index (χ1v) is 8.58. The molecule has 1 fully saturated rings. The smallest absolute Gasteiger partial charge is 0.246 e. The molecule has 0 bridgehead atoms. The number of fused-ring (bicyclic) bond motifs is 1. The van der Waals surface area contributed by atoms with Crippen LogP contribution in [-0.2, 0) is 16.0 Å². The zero-order chi connectivity index (χ0) is 15.9. The second-order valence-electron chi connectivity index (χ2n) is 5.81. The van der Waals surface area contributed by atoms with E-state index >= 15 is 0 Å². The van der Waals surface area contributed by atoms with Crippen molar-refractivity contribution in [1.29, 1.82) is 0 Å². The van der Waals surface area contributed by atoms with Crippen LogP contribution in [-0.4, -0.2) is 45.8 Å². The molecule has 2 amide bonds. The van der Waals surface area contributed by atoms with Crippen LogP contribution in [0.15, 0.2) is 18.2 Å². The number of benzene rings is 1. The Morgan fingerprint density at radius 1 is 1.32 bits per heavy atom. The van der Waals surface area contributed by atoms with Gasteiger partial charge in [-0.25, -0.2) is 4.39 Å². The average molecular weight is 322 g/mol. The number of carbonyl (C=O) groups excluding carboxylic acids is 2. The maximum atomic E-state index is 13.5. The molecule has 0 radical (unpaired) electrons. The second-order valence-corrected chi connectivity index (χ2v) is 6.81. The van der Waals surface area contributed by atoms with Crippen molar-refractivity contribution in [3.8, 4) is 0 Å². The van der Waals surface area contributed by atoms with Gasteiger partial charge in [0.15, 0.2) is 0 Å². The van der Waals surface area contributed by atoms with Crippen molar-refractivity contribution in [1.82, 2.24) is 9.80 Å². The van der Waals surface area contributed by atoms with Crippen LogP contribution >= 0.6 is 11.8 Å². The lowest BCUT2D eigenvalue weighted by molar-refractivity contribution is -0.144. The lowest BCUT2D eigenvalue weighted by atomic mass is 9.93. The second kappa shape index (κ2) is 5.91. The van der Waals surface area contributed by atoms with E-state index in [0.29, 0.717) is 18.2 Å². The maximum Gasteiger partial charge on any atom is 0.246 e. The Bertz CT molecular complexity index is 622. The molecule has 1 saturated heterocycles. The lowest BCUT2D eigenvalue weighted by Crippen LogP contribution is -2.50. The number of carbonyl (C=O) groups is 2. The average Bonchev–Trinajstić information content (AvgIpc) is 2.97. The topological polar surface area (TPSA) is 40.6 Å². The largest absolute Gasteiger partial charge is 0.334 e. The van der Waals surface area contributed by atoms with Crippen molar-refractivity contribution in [2.45, 2.75) is 32.4 Å². The molecule has 2 atom stereocenters. The predicted octanol–water partition coefficient (Wildman–Crippen LogP) is 2.19. The van der Waals surface area contributed by atoms with Gasteiger partial charge in [-0.05, 0) is 36.6 Å². The lowest BCUT2D eigenvalue weighted by Gasteiger charge is -2.38. The minimum atomic E-state index is -0.389. The van der Waals surface area contributed by atoms with Crippen LogP contribution in [0.3, 0.4) is 0 Å². The van der Waals surface area contributed by atoms with Gasteiger partial charge in [-0.2, -0.15) is 0 Å². The third-order valence-electron chi connectivity index (χ3n) is 4.50. The first kappa shape index (κ1) is 15.3. The van der Waals surface area contributed by atoms with E-state index in [0.717, 1.165) is 17.5 Å². The molecular formula is C16H19FN2O2S. The van der Waals surface area contributed by atoms with Gasteiger partial charge in [-0.1, -0.05) is 6.07 Å². The molecule has 22 heavy (non-hydrogen) atoms. The third kappa shape index (κ3) is 2.60. The van der Waals surface area contributed by atoms with E-state index in [9.17, 15) is 14.0 Å². The number of hydrogen-bond acceptors (Lipinski definition) is 3. The Kier molecular flexibility index (Phi) is 4.12. The van der Waals surface area contributed by atoms with E-state index in [2.05, 4.69) is 0 Å². The number of amides is 2. The Morgan fingerprint density at radius 3 is 2.82 bits per heavy atom. The van der Waals surface area contributed by atoms with Gasteiger partial charge in [-0.3, -0.25) is 9.59 Å². The molecule has 0 saturated carbocycles. The monoisotopic (exact) mass is 322 g/mol. The van der Waals surface area contributed by atoms with E-state index in [4.69, 9.17) is 0 Å². The summed E-state index contributed by atoms with van der Waals surface area (Å²) in [7, 11) is 0. The zero-order valence-electron chi connectivity index (χ0n) is 12.7. The molecule has 0 aliphatic carbocycles. The molecule has 0 spiro atoms. The van der Waals surface area contributed by atoms with Gasteiger partial charge < -0.3 is 9.80 Å². The molecule has 3 rings (SSSR count). The summed E-state index contributed by atoms with van der Waals surface area (Å²) in [4.78, 5) is 27.9. The minimum absolute atomic E-state index is 0.0254. The predicted molar refractivity (Wildman–Crippen MR) is 83.9 cm³/mol. The van der Waals surface area contributed by atoms with Crippen molar-refractivity contribution < 1.29 is 14.0 Å². The van der Waals surface area contributed by atoms with Crippen LogP contribution in [0.2, 0.25) is 0 Å². The standard InChI is InChI=1S/C16H19FN2O2S/c1-10-14-7-13(17)4-3-12(14)5-6-18(10)16(21)15-8-22-9-19(15)11(2)20/h3-4,7,10,15H,5-6,8-9H2,1-2H3. The fourth-order valence-electron chi connectivity index (χ4n) is 3.23. The van der Waals surface area contributed by atoms with Crippen LogP contribution in [0.1, 0.15) is 31.0 Å². The fourth-order valence-corrected chi connectivity index (χ4v) is 4.44. The molecule has 1 aromatic carbocycles. The first-order valence-electron chi connectivity index (χ1n) is 7.43. The van der Waals surface area contributed by atoms with E-state index in [1.807, 2.05) is 6.92 Å². The summed E-state index contributed by atoms with van der Waals surface area (Å²) in [6.07, 6.45) is 0.728. The van der Waals surface area contributed by atoms with Crippen molar-refractivity contribution in [3.05, 3.63) is 35.1 Å². The Morgan fingerprint density at radius 2 is 2.09 bits per heavy atom. The summed E-state index contributed by atoms with van der Waals surface area (Å²) in [6.45, 7) is 4.04. The Balaban J connectivity index is 1.84. The normalized spacial score (nSPS) is 24.3. The van der Waals surface area contributed by atoms with Crippen LogP contribution in [0.5, 0.6) is 0 Å². The molecule has 2 heterocycles. The highest BCUT2D eigenvalue weighted by Gasteiger charge is 2.38. The minimum Gasteiger partial charge on any atom is -0.334 e. The van der Waals surface area contributed by atoms with Crippen LogP contribution in [0, 0.1) is 5.82 Å². The van der Waals surface area contributed by atoms with Crippen molar-refractivity contribution in [3.63, 3.8) is 0 Å². The molecule has 2 aliphatic heterocycles. The molecule has 1 aromatic rings. The highest BCUT2D eigenvalue weighted by molar-refractivity contribution is 7.99. The molecule has 118 valence electrons. The Hall–Kier alpha value is -1.56. The van der Waals surface area contributed by atoms with Gasteiger partial charge in [-0.15, -0.1) is 11.8 Å². The number of hydrogen-bond donors (Lipinski definition) is 0. The molecule has 6 heteroatoms. The van der Waals surface area contributed by atoms with Crippen molar-refractivity contribution in [2.24, 2.45) is 0 Å². The van der Waals surface area contributed by atoms with Gasteiger partial charge >= 0.3 is 0 Å². The molecule has 0 aromatic heterocycles. The Labute approximate surface area is 133 Å². The number of thioether (sulfide) groups is 1. The van der Waals surface area contributed by atoms with Crippen LogP contribution in [0.25, 0.3) is 0 Å². The van der Waals surface area contributed by atoms with E-state index < -0.39 is 0 Å². The van der Waals surface area contributed by atoms with Gasteiger partial charge in [0.05, 0.1) is 11.9 Å². The quantitative estimate of drug-likeness (QED) is 0.796. The number of nitrogens with zero attached hydrogens (tertiary/aromatic N) is 2. The third-order valence-corrected chi connectivity index (χ3v) is 5.51. The van der Waals surface area contributed by atoms with Gasteiger partial charge in [0.25, 0.3) is 0 Å². The van der Waals surface area contributed by atoms with Gasteiger partial charge in [0, 0.05) is 19.2 Å². The highest BCUT2D eigenvalue weighted by Crippen LogP contribution is 2.32. The molecular weight excluding hydrogens is 303 g/mol. The van der Waals surface area contributed by atoms with Crippen molar-refractivity contribution >= 4 is 23.6 Å². The SMILES string of the molecule is CC(=O)N1CSCC1C(=O)N1CCc2ccc(F)cc2C1C. The van der Waals surface area contributed by atoms with E-state index in [1.165, 1.54) is 19.1 Å². The summed E-state index contributed by atoms with van der Waals surface area (Å²) in [5.74, 6) is 0.834. The fraction of sp³-hybridized carbons (Fsp3) is 0.500. The summed E-state index contributed by atoms with van der Waals surface area (Å²) in [6, 6.07) is 4.24. The number of halogens is 1. The maximum absolute atomic E-state index is 13.5. The van der Waals surface area contributed by atoms with Crippen molar-refractivity contribution in [2.75, 3.05) is 18.2 Å². The van der Waals surface area contributed by atoms with E-state index in [1.54, 1.807) is 27.6 Å². The summed E-state index contributed by atoms with van der Waals surface area (Å²) >= 11 is 1.60. The van der Waals surface area contributed by atoms with Crippen LogP contribution in [0.4, 0.5) is 4.39 Å². The van der Waals surface area contributed by atoms with Gasteiger partial charge in [0.1, 0.15) is 11.9 Å². The summed E-state index contributed by atoms with van der Waals surface area (Å²) in [5.41, 5.74) is 1.97. The highest BCUT2D eigenvalue weighted by atomic mass is 32.2. The molecule has 0 N–H and O–H groups in total. The zero-order valence-corrected chi connectivity index (χ0v) is 13.5. The molecule has 2 aliphatic rings. The summed E-state index contributed by atoms with van der Waals surface area (Å²) in [5, 5.41) is 0. The first-order chi connectivity index (χ1) is 10.5. The number of rotatable bonds is 1. The van der Waals surface area contributed by atoms with Crippen LogP contribution < -0.4 is 0 Å². The molecule has 4 nitrogen and oxygen atoms in total. The van der Waals surface area contributed by atoms with Gasteiger partial charge in [0.2, 0.25) is 11.8 Å².